The van der Waals surface area contributed by atoms with E-state index in [9.17, 15) is 0 Å². The van der Waals surface area contributed by atoms with Crippen molar-refractivity contribution in [3.63, 3.8) is 0 Å². The van der Waals surface area contributed by atoms with Crippen LogP contribution in [0.5, 0.6) is 0 Å². The molecule has 0 unspecified atom stereocenters. The number of rotatable bonds is 5. The lowest BCUT2D eigenvalue weighted by Crippen LogP contribution is -2.03. The summed E-state index contributed by atoms with van der Waals surface area (Å²) >= 11 is 0. The van der Waals surface area contributed by atoms with Crippen molar-refractivity contribution in [1.29, 1.82) is 0 Å². The third-order valence-corrected chi connectivity index (χ3v) is 3.99. The largest absolute Gasteiger partial charge is 0.338 e. The van der Waals surface area contributed by atoms with E-state index in [-0.39, 0.29) is 0 Å². The molecule has 5 nitrogen and oxygen atoms in total. The number of aromatic nitrogens is 4. The molecule has 4 aromatic rings. The van der Waals surface area contributed by atoms with Gasteiger partial charge in [-0.25, -0.2) is 15.0 Å². The summed E-state index contributed by atoms with van der Waals surface area (Å²) in [5, 5.41) is 3.38. The SMILES string of the molecule is CCCc1nc(Nc2ccccc2)c2ncn(-c3ccccc3)c2n1. The summed E-state index contributed by atoms with van der Waals surface area (Å²) in [4.78, 5) is 14.0. The minimum absolute atomic E-state index is 0.745. The van der Waals surface area contributed by atoms with E-state index < -0.39 is 0 Å². The first-order valence-electron chi connectivity index (χ1n) is 8.46. The smallest absolute Gasteiger partial charge is 0.170 e. The lowest BCUT2D eigenvalue weighted by molar-refractivity contribution is 0.841. The van der Waals surface area contributed by atoms with Gasteiger partial charge in [0.25, 0.3) is 0 Å². The Balaban J connectivity index is 1.86. The number of aryl methyl sites for hydroxylation is 1. The Bertz CT molecular complexity index is 977. The van der Waals surface area contributed by atoms with Crippen molar-refractivity contribution in [2.75, 3.05) is 5.32 Å². The molecule has 1 N–H and O–H groups in total. The number of para-hydroxylation sites is 2. The number of hydrogen-bond acceptors (Lipinski definition) is 4. The van der Waals surface area contributed by atoms with E-state index in [4.69, 9.17) is 9.97 Å². The molecule has 0 aliphatic carbocycles. The van der Waals surface area contributed by atoms with Gasteiger partial charge in [0.2, 0.25) is 0 Å². The third kappa shape index (κ3) is 3.08. The zero-order valence-corrected chi connectivity index (χ0v) is 14.1. The van der Waals surface area contributed by atoms with Crippen LogP contribution in [0.15, 0.2) is 67.0 Å². The molecule has 4 rings (SSSR count). The Morgan fingerprint density at radius 1 is 0.920 bits per heavy atom. The number of anilines is 2. The van der Waals surface area contributed by atoms with Gasteiger partial charge in [0.1, 0.15) is 12.2 Å². The van der Waals surface area contributed by atoms with Crippen molar-refractivity contribution < 1.29 is 0 Å². The molecule has 0 aliphatic rings. The van der Waals surface area contributed by atoms with Crippen LogP contribution in [0.3, 0.4) is 0 Å². The predicted molar refractivity (Wildman–Crippen MR) is 100 cm³/mol. The molecule has 0 saturated heterocycles. The van der Waals surface area contributed by atoms with E-state index in [0.29, 0.717) is 0 Å². The molecule has 0 aliphatic heterocycles. The van der Waals surface area contributed by atoms with E-state index in [2.05, 4.69) is 17.2 Å². The molecular weight excluding hydrogens is 310 g/mol. The van der Waals surface area contributed by atoms with Crippen molar-refractivity contribution in [3.8, 4) is 5.69 Å². The van der Waals surface area contributed by atoms with Gasteiger partial charge < -0.3 is 5.32 Å². The quantitative estimate of drug-likeness (QED) is 0.585. The molecule has 2 aromatic heterocycles. The van der Waals surface area contributed by atoms with Crippen molar-refractivity contribution >= 4 is 22.7 Å². The molecule has 0 spiro atoms. The molecular formula is C20H19N5. The standard InChI is InChI=1S/C20H19N5/c1-2-9-17-23-19(22-15-10-5-3-6-11-15)18-20(24-17)25(14-21-18)16-12-7-4-8-13-16/h3-8,10-14H,2,9H2,1H3,(H,22,23,24). The topological polar surface area (TPSA) is 55.6 Å². The summed E-state index contributed by atoms with van der Waals surface area (Å²) in [5.74, 6) is 1.57. The Hall–Kier alpha value is -3.21. The fourth-order valence-electron chi connectivity index (χ4n) is 2.80. The molecule has 0 fully saturated rings. The molecule has 0 radical (unpaired) electrons. The lowest BCUT2D eigenvalue weighted by Gasteiger charge is -2.09. The van der Waals surface area contributed by atoms with Gasteiger partial charge in [-0.2, -0.15) is 0 Å². The second kappa shape index (κ2) is 6.73. The van der Waals surface area contributed by atoms with Gasteiger partial charge in [-0.1, -0.05) is 43.3 Å². The summed E-state index contributed by atoms with van der Waals surface area (Å²) in [6.07, 6.45) is 3.63. The Kier molecular flexibility index (Phi) is 4.12. The van der Waals surface area contributed by atoms with Crippen LogP contribution in [0.1, 0.15) is 19.2 Å². The van der Waals surface area contributed by atoms with Gasteiger partial charge in [-0.05, 0) is 30.7 Å². The van der Waals surface area contributed by atoms with Crippen LogP contribution < -0.4 is 5.32 Å². The van der Waals surface area contributed by atoms with Crippen molar-refractivity contribution in [3.05, 3.63) is 72.8 Å². The predicted octanol–water partition coefficient (Wildman–Crippen LogP) is 4.51. The van der Waals surface area contributed by atoms with Crippen LogP contribution in [-0.4, -0.2) is 19.5 Å². The van der Waals surface area contributed by atoms with Crippen LogP contribution in [0.2, 0.25) is 0 Å². The Morgan fingerprint density at radius 2 is 1.64 bits per heavy atom. The van der Waals surface area contributed by atoms with Gasteiger partial charge in [0.05, 0.1) is 0 Å². The highest BCUT2D eigenvalue weighted by Gasteiger charge is 2.14. The van der Waals surface area contributed by atoms with E-state index in [1.807, 2.05) is 65.2 Å². The molecule has 5 heteroatoms. The summed E-state index contributed by atoms with van der Waals surface area (Å²) in [5.41, 5.74) is 3.62. The second-order valence-electron chi connectivity index (χ2n) is 5.85. The van der Waals surface area contributed by atoms with Crippen molar-refractivity contribution in [1.82, 2.24) is 19.5 Å². The number of benzene rings is 2. The number of nitrogens with zero attached hydrogens (tertiary/aromatic N) is 4. The van der Waals surface area contributed by atoms with Crippen LogP contribution in [0.4, 0.5) is 11.5 Å². The third-order valence-electron chi connectivity index (χ3n) is 3.99. The highest BCUT2D eigenvalue weighted by Crippen LogP contribution is 2.25. The number of nitrogens with one attached hydrogen (secondary N) is 1. The van der Waals surface area contributed by atoms with Gasteiger partial charge in [0, 0.05) is 17.8 Å². The number of fused-ring (bicyclic) bond motifs is 1. The second-order valence-corrected chi connectivity index (χ2v) is 5.85. The van der Waals surface area contributed by atoms with Crippen molar-refractivity contribution in [2.24, 2.45) is 0 Å². The summed E-state index contributed by atoms with van der Waals surface area (Å²) in [7, 11) is 0. The van der Waals surface area contributed by atoms with Crippen LogP contribution in [0.25, 0.3) is 16.9 Å². The van der Waals surface area contributed by atoms with Gasteiger partial charge >= 0.3 is 0 Å². The Labute approximate surface area is 146 Å². The molecule has 0 bridgehead atoms. The van der Waals surface area contributed by atoms with Crippen LogP contribution in [-0.2, 0) is 6.42 Å². The van der Waals surface area contributed by atoms with E-state index in [0.717, 1.165) is 47.0 Å². The lowest BCUT2D eigenvalue weighted by atomic mass is 10.3. The summed E-state index contributed by atoms with van der Waals surface area (Å²) < 4.78 is 2.01. The molecule has 0 amide bonds. The minimum Gasteiger partial charge on any atom is -0.338 e. The van der Waals surface area contributed by atoms with Gasteiger partial charge in [-0.3, -0.25) is 4.57 Å². The first-order valence-corrected chi connectivity index (χ1v) is 8.46. The zero-order valence-electron chi connectivity index (χ0n) is 14.1. The molecule has 2 heterocycles. The minimum atomic E-state index is 0.745. The molecule has 0 atom stereocenters. The normalized spacial score (nSPS) is 10.9. The van der Waals surface area contributed by atoms with E-state index in [1.54, 1.807) is 6.33 Å². The van der Waals surface area contributed by atoms with Crippen LogP contribution >= 0.6 is 0 Å². The molecule has 2 aromatic carbocycles. The van der Waals surface area contributed by atoms with Crippen molar-refractivity contribution in [2.45, 2.75) is 19.8 Å². The van der Waals surface area contributed by atoms with Gasteiger partial charge in [-0.15, -0.1) is 0 Å². The highest BCUT2D eigenvalue weighted by atomic mass is 15.2. The molecule has 25 heavy (non-hydrogen) atoms. The average Bonchev–Trinajstić information content (AvgIpc) is 3.08. The first kappa shape index (κ1) is 15.3. The summed E-state index contributed by atoms with van der Waals surface area (Å²) in [6, 6.07) is 20.1. The number of imidazole rings is 1. The average molecular weight is 329 g/mol. The van der Waals surface area contributed by atoms with Crippen LogP contribution in [0, 0.1) is 0 Å². The maximum absolute atomic E-state index is 4.75. The first-order chi connectivity index (χ1) is 12.3. The molecule has 124 valence electrons. The maximum Gasteiger partial charge on any atom is 0.170 e. The molecule has 0 saturated carbocycles. The van der Waals surface area contributed by atoms with E-state index >= 15 is 0 Å². The fraction of sp³-hybridized carbons (Fsp3) is 0.150. The monoisotopic (exact) mass is 329 g/mol. The highest BCUT2D eigenvalue weighted by molar-refractivity contribution is 5.86. The van der Waals surface area contributed by atoms with E-state index in [1.165, 1.54) is 0 Å². The van der Waals surface area contributed by atoms with Gasteiger partial charge in [0.15, 0.2) is 17.0 Å². The zero-order chi connectivity index (χ0) is 17.1. The maximum atomic E-state index is 4.75. The Morgan fingerprint density at radius 3 is 2.36 bits per heavy atom. The summed E-state index contributed by atoms with van der Waals surface area (Å²) in [6.45, 7) is 2.13. The fourth-order valence-corrected chi connectivity index (χ4v) is 2.80. The number of hydrogen-bond donors (Lipinski definition) is 1.